The predicted octanol–water partition coefficient (Wildman–Crippen LogP) is 4.58. The van der Waals surface area contributed by atoms with E-state index in [1.54, 1.807) is 20.8 Å². The van der Waals surface area contributed by atoms with Gasteiger partial charge in [0.15, 0.2) is 0 Å². The van der Waals surface area contributed by atoms with E-state index in [9.17, 15) is 39.2 Å². The summed E-state index contributed by atoms with van der Waals surface area (Å²) in [5.74, 6) is -0.0991. The van der Waals surface area contributed by atoms with Crippen molar-refractivity contribution < 1.29 is 52.8 Å². The molecule has 0 spiro atoms. The molecule has 1 aromatic carbocycles. The van der Waals surface area contributed by atoms with Gasteiger partial charge in [-0.25, -0.2) is 22.6 Å². The number of anilines is 2. The number of rotatable bonds is 9. The van der Waals surface area contributed by atoms with Crippen LogP contribution < -0.4 is 14.4 Å². The van der Waals surface area contributed by atoms with Crippen LogP contribution in [0.3, 0.4) is 0 Å². The molecule has 2 unspecified atom stereocenters. The van der Waals surface area contributed by atoms with Crippen molar-refractivity contribution in [2.45, 2.75) is 82.2 Å². The second-order valence-electron chi connectivity index (χ2n) is 10.9. The summed E-state index contributed by atoms with van der Waals surface area (Å²) in [6, 6.07) is 2.65. The minimum Gasteiger partial charge on any atom is -0.484 e. The minimum absolute atomic E-state index is 0.0859. The molecule has 3 heterocycles. The number of nitrogens with zero attached hydrogens (tertiary/aromatic N) is 5. The highest BCUT2D eigenvalue weighted by Crippen LogP contribution is 2.42. The van der Waals surface area contributed by atoms with E-state index < -0.39 is 73.5 Å². The standard InChI is InChI=1S/C25H30F4N6O8S2/c1-13-20(10-33(31-13)22(26)27)44(37,38)35-15(3)19(12-41-45(39,40)21-11-34(23(28)29)32-14(21)2)42-18-8-7-16(9-17(18)35)30-24(36)43-25(4,5)6/h7-11,15,19,22-23H,12H2,1-6H3,(H,30,36). The average Bonchev–Trinajstić information content (AvgIpc) is 3.50. The van der Waals surface area contributed by atoms with Crippen LogP contribution in [0.2, 0.25) is 0 Å². The molecule has 248 valence electrons. The van der Waals surface area contributed by atoms with E-state index in [0.717, 1.165) is 4.31 Å². The monoisotopic (exact) mass is 682 g/mol. The van der Waals surface area contributed by atoms with Crippen LogP contribution >= 0.6 is 0 Å². The van der Waals surface area contributed by atoms with Crippen molar-refractivity contribution in [1.29, 1.82) is 0 Å². The molecule has 20 heteroatoms. The second-order valence-corrected chi connectivity index (χ2v) is 14.3. The van der Waals surface area contributed by atoms with E-state index in [-0.39, 0.29) is 37.9 Å². The van der Waals surface area contributed by atoms with E-state index in [1.165, 1.54) is 39.0 Å². The molecule has 14 nitrogen and oxygen atoms in total. The first-order valence-electron chi connectivity index (χ1n) is 13.1. The van der Waals surface area contributed by atoms with Crippen LogP contribution in [0, 0.1) is 13.8 Å². The maximum absolute atomic E-state index is 14.0. The second kappa shape index (κ2) is 12.1. The predicted molar refractivity (Wildman–Crippen MR) is 149 cm³/mol. The summed E-state index contributed by atoms with van der Waals surface area (Å²) in [5, 5.41) is 9.51. The lowest BCUT2D eigenvalue weighted by Gasteiger charge is -2.40. The molecule has 0 saturated heterocycles. The van der Waals surface area contributed by atoms with Crippen LogP contribution in [0.25, 0.3) is 0 Å². The largest absolute Gasteiger partial charge is 0.484 e. The Morgan fingerprint density at radius 3 is 2.09 bits per heavy atom. The zero-order valence-electron chi connectivity index (χ0n) is 24.7. The number of halogens is 4. The van der Waals surface area contributed by atoms with Gasteiger partial charge in [-0.3, -0.25) is 13.8 Å². The Morgan fingerprint density at radius 1 is 1.00 bits per heavy atom. The van der Waals surface area contributed by atoms with Gasteiger partial charge in [-0.2, -0.15) is 36.2 Å². The Bertz CT molecular complexity index is 1810. The Hall–Kier alpha value is -3.91. The number of hydrogen-bond acceptors (Lipinski definition) is 10. The van der Waals surface area contributed by atoms with E-state index in [4.69, 9.17) is 13.7 Å². The van der Waals surface area contributed by atoms with Gasteiger partial charge in [0, 0.05) is 5.69 Å². The van der Waals surface area contributed by atoms with E-state index >= 15 is 0 Å². The lowest BCUT2D eigenvalue weighted by molar-refractivity contribution is 0.0556. The van der Waals surface area contributed by atoms with Crippen molar-refractivity contribution >= 4 is 37.6 Å². The van der Waals surface area contributed by atoms with Gasteiger partial charge in [-0.15, -0.1) is 0 Å². The number of benzene rings is 1. The van der Waals surface area contributed by atoms with Gasteiger partial charge in [0.2, 0.25) is 0 Å². The molecule has 4 rings (SSSR count). The lowest BCUT2D eigenvalue weighted by Crippen LogP contribution is -2.52. The lowest BCUT2D eigenvalue weighted by atomic mass is 10.1. The molecule has 1 aliphatic rings. The number of ether oxygens (including phenoxy) is 2. The van der Waals surface area contributed by atoms with Crippen molar-refractivity contribution in [2.75, 3.05) is 16.2 Å². The summed E-state index contributed by atoms with van der Waals surface area (Å²) in [4.78, 5) is 11.2. The number of hydrogen-bond donors (Lipinski definition) is 1. The average molecular weight is 683 g/mol. The molecule has 3 aromatic rings. The first-order chi connectivity index (χ1) is 20.7. The Kier molecular flexibility index (Phi) is 9.15. The SMILES string of the molecule is Cc1nn(C(F)F)cc1S(=O)(=O)OCC1Oc2ccc(NC(=O)OC(C)(C)C)cc2N(S(=O)(=O)c2cn(C(F)F)nc2C)C1C. The third-order valence-electron chi connectivity index (χ3n) is 6.36. The fourth-order valence-electron chi connectivity index (χ4n) is 4.40. The van der Waals surface area contributed by atoms with Crippen LogP contribution in [-0.2, 0) is 29.1 Å². The van der Waals surface area contributed by atoms with E-state index in [1.807, 2.05) is 0 Å². The van der Waals surface area contributed by atoms with Gasteiger partial charge in [0.1, 0.15) is 33.9 Å². The Balaban J connectivity index is 1.73. The molecule has 1 aliphatic heterocycles. The molecule has 1 amide bonds. The number of alkyl halides is 4. The quantitative estimate of drug-likeness (QED) is 0.250. The number of sulfonamides is 1. The van der Waals surface area contributed by atoms with Gasteiger partial charge in [0.25, 0.3) is 10.0 Å². The van der Waals surface area contributed by atoms with Gasteiger partial charge in [-0.1, -0.05) is 0 Å². The fourth-order valence-corrected chi connectivity index (χ4v) is 7.32. The number of aryl methyl sites for hydroxylation is 2. The van der Waals surface area contributed by atoms with Crippen molar-refractivity contribution in [1.82, 2.24) is 19.6 Å². The number of aromatic nitrogens is 4. The topological polar surface area (TPSA) is 164 Å². The third-order valence-corrected chi connectivity index (χ3v) is 9.75. The van der Waals surface area contributed by atoms with Gasteiger partial charge in [0.05, 0.1) is 35.5 Å². The number of amides is 1. The normalized spacial score (nSPS) is 17.4. The summed E-state index contributed by atoms with van der Waals surface area (Å²) < 4.78 is 124. The molecule has 1 N–H and O–H groups in total. The van der Waals surface area contributed by atoms with Crippen molar-refractivity contribution in [3.05, 3.63) is 42.0 Å². The third kappa shape index (κ3) is 7.17. The highest BCUT2D eigenvalue weighted by molar-refractivity contribution is 7.93. The summed E-state index contributed by atoms with van der Waals surface area (Å²) in [7, 11) is -9.38. The van der Waals surface area contributed by atoms with Crippen LogP contribution in [0.5, 0.6) is 5.75 Å². The molecule has 0 radical (unpaired) electrons. The molecule has 0 saturated carbocycles. The minimum atomic E-state index is -4.70. The van der Waals surface area contributed by atoms with Gasteiger partial charge >= 0.3 is 29.3 Å². The van der Waals surface area contributed by atoms with Crippen LogP contribution in [0.4, 0.5) is 33.7 Å². The zero-order chi connectivity index (χ0) is 33.6. The molecule has 0 bridgehead atoms. The maximum atomic E-state index is 14.0. The van der Waals surface area contributed by atoms with Crippen molar-refractivity contribution in [3.63, 3.8) is 0 Å². The molecular weight excluding hydrogens is 652 g/mol. The molecule has 0 aliphatic carbocycles. The van der Waals surface area contributed by atoms with Crippen LogP contribution in [0.15, 0.2) is 40.4 Å². The summed E-state index contributed by atoms with van der Waals surface area (Å²) in [6.45, 7) is 1.62. The Morgan fingerprint density at radius 2 is 1.56 bits per heavy atom. The van der Waals surface area contributed by atoms with E-state index in [2.05, 4.69) is 15.5 Å². The molecule has 2 aromatic heterocycles. The molecule has 45 heavy (non-hydrogen) atoms. The number of carbonyl (C=O) groups excluding carboxylic acids is 1. The fraction of sp³-hybridized carbons (Fsp3) is 0.480. The summed E-state index contributed by atoms with van der Waals surface area (Å²) in [6.07, 6.45) is -0.936. The highest BCUT2D eigenvalue weighted by atomic mass is 32.2. The number of nitrogens with one attached hydrogen (secondary N) is 1. The molecular formula is C25H30F4N6O8S2. The smallest absolute Gasteiger partial charge is 0.412 e. The summed E-state index contributed by atoms with van der Waals surface area (Å²) in [5.41, 5.74) is -1.41. The maximum Gasteiger partial charge on any atom is 0.412 e. The van der Waals surface area contributed by atoms with Crippen LogP contribution in [0.1, 0.15) is 52.2 Å². The molecule has 0 fully saturated rings. The number of carbonyl (C=O) groups is 1. The summed E-state index contributed by atoms with van der Waals surface area (Å²) >= 11 is 0. The first-order valence-corrected chi connectivity index (χ1v) is 16.0. The zero-order valence-corrected chi connectivity index (χ0v) is 26.4. The van der Waals surface area contributed by atoms with Gasteiger partial charge < -0.3 is 9.47 Å². The van der Waals surface area contributed by atoms with Crippen LogP contribution in [-0.4, -0.2) is 66.8 Å². The van der Waals surface area contributed by atoms with Crippen molar-refractivity contribution in [3.8, 4) is 5.75 Å². The van der Waals surface area contributed by atoms with Crippen molar-refractivity contribution in [2.24, 2.45) is 0 Å². The molecule has 2 atom stereocenters. The number of fused-ring (bicyclic) bond motifs is 1. The first kappa shape index (κ1) is 34.0. The Labute approximate surface area is 256 Å². The van der Waals surface area contributed by atoms with E-state index in [0.29, 0.717) is 12.4 Å². The highest BCUT2D eigenvalue weighted by Gasteiger charge is 2.43. The van der Waals surface area contributed by atoms with Gasteiger partial charge in [-0.05, 0) is 59.7 Å².